The summed E-state index contributed by atoms with van der Waals surface area (Å²) in [6.45, 7) is 1.95. The molecule has 0 saturated carbocycles. The van der Waals surface area contributed by atoms with Crippen LogP contribution in [0, 0.1) is 6.92 Å². The van der Waals surface area contributed by atoms with Gasteiger partial charge in [0.1, 0.15) is 5.03 Å². The van der Waals surface area contributed by atoms with Crippen LogP contribution in [0.25, 0.3) is 0 Å². The third-order valence-electron chi connectivity index (χ3n) is 3.35. The minimum atomic E-state index is -0.185. The SMILES string of the molecule is Cc1ccc(NC(=O)c2ccc(Sc3ccccn3)cc2)c(Cl)c1. The number of hydrogen-bond donors (Lipinski definition) is 1. The molecule has 2 aromatic carbocycles. The zero-order valence-corrected chi connectivity index (χ0v) is 14.6. The van der Waals surface area contributed by atoms with E-state index in [-0.39, 0.29) is 5.91 Å². The van der Waals surface area contributed by atoms with Gasteiger partial charge in [-0.05, 0) is 61.0 Å². The number of nitrogens with one attached hydrogen (secondary N) is 1. The number of carbonyl (C=O) groups is 1. The Hall–Kier alpha value is -2.30. The third-order valence-corrected chi connectivity index (χ3v) is 4.62. The molecule has 0 bridgehead atoms. The summed E-state index contributed by atoms with van der Waals surface area (Å²) < 4.78 is 0. The van der Waals surface area contributed by atoms with Crippen molar-refractivity contribution in [3.05, 3.63) is 83.0 Å². The van der Waals surface area contributed by atoms with Gasteiger partial charge in [0.2, 0.25) is 0 Å². The van der Waals surface area contributed by atoms with E-state index in [1.54, 1.807) is 36.2 Å². The van der Waals surface area contributed by atoms with Gasteiger partial charge < -0.3 is 5.32 Å². The summed E-state index contributed by atoms with van der Waals surface area (Å²) in [5, 5.41) is 4.28. The molecule has 0 unspecified atom stereocenters. The summed E-state index contributed by atoms with van der Waals surface area (Å²) in [6.07, 6.45) is 1.76. The Morgan fingerprint density at radius 1 is 1.08 bits per heavy atom. The van der Waals surface area contributed by atoms with Gasteiger partial charge in [-0.2, -0.15) is 0 Å². The van der Waals surface area contributed by atoms with Gasteiger partial charge in [-0.1, -0.05) is 35.5 Å². The fraction of sp³-hybridized carbons (Fsp3) is 0.0526. The van der Waals surface area contributed by atoms with Crippen molar-refractivity contribution in [2.75, 3.05) is 5.32 Å². The molecule has 0 spiro atoms. The van der Waals surface area contributed by atoms with Crippen molar-refractivity contribution in [2.45, 2.75) is 16.8 Å². The fourth-order valence-electron chi connectivity index (χ4n) is 2.12. The third kappa shape index (κ3) is 4.16. The summed E-state index contributed by atoms with van der Waals surface area (Å²) in [5.74, 6) is -0.185. The quantitative estimate of drug-likeness (QED) is 0.677. The maximum atomic E-state index is 12.3. The van der Waals surface area contributed by atoms with Gasteiger partial charge in [0.25, 0.3) is 5.91 Å². The van der Waals surface area contributed by atoms with E-state index in [0.717, 1.165) is 15.5 Å². The minimum Gasteiger partial charge on any atom is -0.321 e. The largest absolute Gasteiger partial charge is 0.321 e. The van der Waals surface area contributed by atoms with Gasteiger partial charge in [-0.15, -0.1) is 0 Å². The van der Waals surface area contributed by atoms with Gasteiger partial charge in [-0.25, -0.2) is 4.98 Å². The van der Waals surface area contributed by atoms with Crippen LogP contribution in [0.2, 0.25) is 5.02 Å². The Kier molecular flexibility index (Phi) is 5.18. The molecule has 0 fully saturated rings. The van der Waals surface area contributed by atoms with Gasteiger partial charge >= 0.3 is 0 Å². The van der Waals surface area contributed by atoms with Gasteiger partial charge in [0, 0.05) is 16.7 Å². The van der Waals surface area contributed by atoms with Crippen molar-refractivity contribution in [1.29, 1.82) is 0 Å². The van der Waals surface area contributed by atoms with Crippen molar-refractivity contribution < 1.29 is 4.79 Å². The van der Waals surface area contributed by atoms with Crippen LogP contribution in [-0.4, -0.2) is 10.9 Å². The highest BCUT2D eigenvalue weighted by atomic mass is 35.5. The van der Waals surface area contributed by atoms with Crippen LogP contribution in [0.3, 0.4) is 0 Å². The predicted octanol–water partition coefficient (Wildman–Crippen LogP) is 5.45. The van der Waals surface area contributed by atoms with E-state index in [4.69, 9.17) is 11.6 Å². The molecular formula is C19H15ClN2OS. The normalized spacial score (nSPS) is 10.4. The number of nitrogens with zero attached hydrogens (tertiary/aromatic N) is 1. The zero-order valence-electron chi connectivity index (χ0n) is 13.0. The first-order chi connectivity index (χ1) is 11.6. The molecule has 120 valence electrons. The number of rotatable bonds is 4. The lowest BCUT2D eigenvalue weighted by molar-refractivity contribution is 0.102. The van der Waals surface area contributed by atoms with Crippen LogP contribution in [-0.2, 0) is 0 Å². The number of anilines is 1. The van der Waals surface area contributed by atoms with Crippen LogP contribution >= 0.6 is 23.4 Å². The molecule has 0 aliphatic carbocycles. The molecule has 1 N–H and O–H groups in total. The lowest BCUT2D eigenvalue weighted by atomic mass is 10.2. The summed E-state index contributed by atoms with van der Waals surface area (Å²) in [4.78, 5) is 17.6. The number of carbonyl (C=O) groups excluding carboxylic acids is 1. The van der Waals surface area contributed by atoms with E-state index >= 15 is 0 Å². The first kappa shape index (κ1) is 16.6. The van der Waals surface area contributed by atoms with Crippen LogP contribution in [0.15, 0.2) is 76.8 Å². The molecule has 3 nitrogen and oxygen atoms in total. The van der Waals surface area contributed by atoms with E-state index in [1.807, 2.05) is 49.4 Å². The summed E-state index contributed by atoms with van der Waals surface area (Å²) in [7, 11) is 0. The highest BCUT2D eigenvalue weighted by Crippen LogP contribution is 2.26. The average Bonchev–Trinajstić information content (AvgIpc) is 2.59. The van der Waals surface area contributed by atoms with Crippen LogP contribution in [0.1, 0.15) is 15.9 Å². The van der Waals surface area contributed by atoms with Crippen LogP contribution in [0.5, 0.6) is 0 Å². The second-order valence-electron chi connectivity index (χ2n) is 5.23. The van der Waals surface area contributed by atoms with E-state index in [0.29, 0.717) is 16.3 Å². The molecule has 1 aromatic heterocycles. The molecule has 0 aliphatic rings. The molecule has 0 aliphatic heterocycles. The molecule has 1 heterocycles. The first-order valence-electron chi connectivity index (χ1n) is 7.38. The fourth-order valence-corrected chi connectivity index (χ4v) is 3.17. The van der Waals surface area contributed by atoms with Crippen molar-refractivity contribution >= 4 is 35.0 Å². The molecule has 24 heavy (non-hydrogen) atoms. The topological polar surface area (TPSA) is 42.0 Å². The average molecular weight is 355 g/mol. The molecule has 5 heteroatoms. The molecule has 0 saturated heterocycles. The maximum Gasteiger partial charge on any atom is 0.255 e. The van der Waals surface area contributed by atoms with E-state index in [2.05, 4.69) is 10.3 Å². The van der Waals surface area contributed by atoms with Crippen molar-refractivity contribution in [3.63, 3.8) is 0 Å². The Balaban J connectivity index is 1.69. The molecular weight excluding hydrogens is 340 g/mol. The van der Waals surface area contributed by atoms with Crippen LogP contribution in [0.4, 0.5) is 5.69 Å². The number of aromatic nitrogens is 1. The number of benzene rings is 2. The first-order valence-corrected chi connectivity index (χ1v) is 8.58. The Morgan fingerprint density at radius 2 is 1.88 bits per heavy atom. The number of pyridine rings is 1. The Labute approximate surface area is 150 Å². The zero-order chi connectivity index (χ0) is 16.9. The molecule has 3 rings (SSSR count). The van der Waals surface area contributed by atoms with Crippen molar-refractivity contribution in [1.82, 2.24) is 4.98 Å². The predicted molar refractivity (Wildman–Crippen MR) is 98.9 cm³/mol. The van der Waals surface area contributed by atoms with Crippen molar-refractivity contribution in [2.24, 2.45) is 0 Å². The monoisotopic (exact) mass is 354 g/mol. The minimum absolute atomic E-state index is 0.185. The summed E-state index contributed by atoms with van der Waals surface area (Å²) in [5.41, 5.74) is 2.24. The van der Waals surface area contributed by atoms with Gasteiger partial charge in [0.15, 0.2) is 0 Å². The lowest BCUT2D eigenvalue weighted by Crippen LogP contribution is -2.12. The molecule has 0 radical (unpaired) electrons. The smallest absolute Gasteiger partial charge is 0.255 e. The Bertz CT molecular complexity index is 851. The molecule has 1 amide bonds. The van der Waals surface area contributed by atoms with Gasteiger partial charge in [0.05, 0.1) is 10.7 Å². The number of aryl methyl sites for hydroxylation is 1. The molecule has 0 atom stereocenters. The standard InChI is InChI=1S/C19H15ClN2OS/c1-13-5-10-17(16(20)12-13)22-19(23)14-6-8-15(9-7-14)24-18-4-2-3-11-21-18/h2-12H,1H3,(H,22,23). The van der Waals surface area contributed by atoms with Crippen LogP contribution < -0.4 is 5.32 Å². The van der Waals surface area contributed by atoms with E-state index in [9.17, 15) is 4.79 Å². The number of halogens is 1. The second-order valence-corrected chi connectivity index (χ2v) is 6.73. The number of amides is 1. The van der Waals surface area contributed by atoms with E-state index < -0.39 is 0 Å². The van der Waals surface area contributed by atoms with Gasteiger partial charge in [-0.3, -0.25) is 4.79 Å². The highest BCUT2D eigenvalue weighted by molar-refractivity contribution is 7.99. The highest BCUT2D eigenvalue weighted by Gasteiger charge is 2.09. The summed E-state index contributed by atoms with van der Waals surface area (Å²) >= 11 is 7.70. The number of hydrogen-bond acceptors (Lipinski definition) is 3. The summed E-state index contributed by atoms with van der Waals surface area (Å²) in [6, 6.07) is 18.7. The lowest BCUT2D eigenvalue weighted by Gasteiger charge is -2.08. The van der Waals surface area contributed by atoms with E-state index in [1.165, 1.54) is 0 Å². The van der Waals surface area contributed by atoms with Crippen molar-refractivity contribution in [3.8, 4) is 0 Å². The second kappa shape index (κ2) is 7.51. The Morgan fingerprint density at radius 3 is 2.54 bits per heavy atom. The molecule has 3 aromatic rings. The maximum absolute atomic E-state index is 12.3.